The maximum Gasteiger partial charge on any atom is 0.228 e. The average Bonchev–Trinajstić information content (AvgIpc) is 3.28. The van der Waals surface area contributed by atoms with Crippen molar-refractivity contribution >= 4 is 67.6 Å². The first-order valence-electron chi connectivity index (χ1n) is 11.6. The third-order valence-electron chi connectivity index (χ3n) is 5.85. The summed E-state index contributed by atoms with van der Waals surface area (Å²) >= 11 is 15.6. The average molecular weight is 539 g/mol. The van der Waals surface area contributed by atoms with Crippen LogP contribution >= 0.6 is 46.3 Å². The minimum atomic E-state index is 0.126. The molecule has 0 N–H and O–H groups in total. The molecule has 0 aliphatic carbocycles. The van der Waals surface area contributed by atoms with Crippen LogP contribution in [0.15, 0.2) is 41.3 Å². The summed E-state index contributed by atoms with van der Waals surface area (Å²) in [7, 11) is 0. The third kappa shape index (κ3) is 6.86. The molecular weight excluding hydrogens is 509 g/mol. The van der Waals surface area contributed by atoms with Crippen molar-refractivity contribution in [1.82, 2.24) is 9.88 Å². The molecule has 0 atom stereocenters. The molecule has 182 valence electrons. The molecule has 0 unspecified atom stereocenters. The van der Waals surface area contributed by atoms with Crippen molar-refractivity contribution in [3.63, 3.8) is 0 Å². The lowest BCUT2D eigenvalue weighted by molar-refractivity contribution is -0.118. The van der Waals surface area contributed by atoms with E-state index in [0.29, 0.717) is 18.0 Å². The van der Waals surface area contributed by atoms with Gasteiger partial charge in [0.15, 0.2) is 5.13 Å². The molecule has 0 bridgehead atoms. The van der Waals surface area contributed by atoms with Gasteiger partial charge in [-0.05, 0) is 67.5 Å². The van der Waals surface area contributed by atoms with Gasteiger partial charge in [-0.2, -0.15) is 0 Å². The highest BCUT2D eigenvalue weighted by Gasteiger charge is 2.21. The quantitative estimate of drug-likeness (QED) is 0.217. The van der Waals surface area contributed by atoms with Crippen LogP contribution in [0.3, 0.4) is 0 Å². The number of aromatic nitrogens is 1. The highest BCUT2D eigenvalue weighted by atomic mass is 35.5. The maximum absolute atomic E-state index is 13.3. The Kier molecular flexibility index (Phi) is 9.51. The Labute approximate surface area is 219 Å². The van der Waals surface area contributed by atoms with Crippen molar-refractivity contribution in [2.75, 3.05) is 50.0 Å². The zero-order valence-corrected chi connectivity index (χ0v) is 22.4. The van der Waals surface area contributed by atoms with Crippen molar-refractivity contribution < 1.29 is 9.53 Å². The van der Waals surface area contributed by atoms with E-state index in [-0.39, 0.29) is 5.91 Å². The van der Waals surface area contributed by atoms with Gasteiger partial charge in [0.25, 0.3) is 0 Å². The highest BCUT2D eigenvalue weighted by Crippen LogP contribution is 2.34. The number of thioether (sulfide) groups is 1. The van der Waals surface area contributed by atoms with E-state index in [0.717, 1.165) is 82.3 Å². The number of morpholine rings is 1. The van der Waals surface area contributed by atoms with Crippen molar-refractivity contribution in [2.45, 2.75) is 31.1 Å². The van der Waals surface area contributed by atoms with Crippen molar-refractivity contribution in [2.24, 2.45) is 0 Å². The lowest BCUT2D eigenvalue weighted by atomic mass is 10.2. The van der Waals surface area contributed by atoms with E-state index in [1.807, 2.05) is 48.2 Å². The first kappa shape index (κ1) is 25.7. The number of rotatable bonds is 10. The summed E-state index contributed by atoms with van der Waals surface area (Å²) in [6.45, 7) is 7.07. The number of aryl methyl sites for hydroxylation is 1. The Hall–Kier alpha value is -1.35. The standard InChI is InChI=1S/C25H29Cl2N3O2S2/c1-18-21(27)9-10-22-24(18)28-25(34-22)30(12-3-11-29-13-15-32-16-14-29)23(31)4-2-17-33-20-7-5-19(26)6-8-20/h5-10H,2-4,11-17H2,1H3. The first-order chi connectivity index (χ1) is 16.5. The minimum Gasteiger partial charge on any atom is -0.379 e. The van der Waals surface area contributed by atoms with Crippen LogP contribution in [0.4, 0.5) is 5.13 Å². The van der Waals surface area contributed by atoms with Gasteiger partial charge in [-0.3, -0.25) is 14.6 Å². The van der Waals surface area contributed by atoms with Crippen LogP contribution in [-0.2, 0) is 9.53 Å². The predicted octanol–water partition coefficient (Wildman–Crippen LogP) is 6.54. The van der Waals surface area contributed by atoms with Crippen LogP contribution in [0.2, 0.25) is 10.0 Å². The number of amides is 1. The SMILES string of the molecule is Cc1c(Cl)ccc2sc(N(CCCN3CCOCC3)C(=O)CCCSc3ccc(Cl)cc3)nc12. The van der Waals surface area contributed by atoms with E-state index >= 15 is 0 Å². The Bertz CT molecular complexity index is 1100. The number of hydrogen-bond donors (Lipinski definition) is 0. The molecule has 1 fully saturated rings. The molecule has 4 rings (SSSR count). The summed E-state index contributed by atoms with van der Waals surface area (Å²) in [5.41, 5.74) is 1.85. The lowest BCUT2D eigenvalue weighted by Crippen LogP contribution is -2.39. The number of nitrogens with zero attached hydrogens (tertiary/aromatic N) is 3. The minimum absolute atomic E-state index is 0.126. The fraction of sp³-hybridized carbons (Fsp3) is 0.440. The number of benzene rings is 2. The second kappa shape index (κ2) is 12.6. The summed E-state index contributed by atoms with van der Waals surface area (Å²) < 4.78 is 6.50. The molecule has 1 amide bonds. The molecule has 0 radical (unpaired) electrons. The summed E-state index contributed by atoms with van der Waals surface area (Å²) in [5, 5.41) is 2.20. The van der Waals surface area contributed by atoms with E-state index in [1.54, 1.807) is 23.1 Å². The highest BCUT2D eigenvalue weighted by molar-refractivity contribution is 7.99. The number of fused-ring (bicyclic) bond motifs is 1. The number of halogens is 2. The van der Waals surface area contributed by atoms with Gasteiger partial charge < -0.3 is 4.74 Å². The lowest BCUT2D eigenvalue weighted by Gasteiger charge is -2.27. The number of thiazole rings is 1. The van der Waals surface area contributed by atoms with E-state index in [2.05, 4.69) is 4.90 Å². The molecule has 2 heterocycles. The molecule has 1 aromatic heterocycles. The molecule has 0 spiro atoms. The van der Waals surface area contributed by atoms with Gasteiger partial charge >= 0.3 is 0 Å². The normalized spacial score (nSPS) is 14.6. The fourth-order valence-electron chi connectivity index (χ4n) is 3.89. The van der Waals surface area contributed by atoms with Crippen molar-refractivity contribution in [3.05, 3.63) is 52.0 Å². The van der Waals surface area contributed by atoms with E-state index in [1.165, 1.54) is 0 Å². The number of ether oxygens (including phenoxy) is 1. The van der Waals surface area contributed by atoms with Crippen LogP contribution in [0.5, 0.6) is 0 Å². The van der Waals surface area contributed by atoms with Gasteiger partial charge in [0.05, 0.1) is 23.4 Å². The molecule has 1 aliphatic heterocycles. The van der Waals surface area contributed by atoms with Crippen LogP contribution in [0, 0.1) is 6.92 Å². The molecule has 9 heteroatoms. The smallest absolute Gasteiger partial charge is 0.228 e. The topological polar surface area (TPSA) is 45.7 Å². The van der Waals surface area contributed by atoms with E-state index in [4.69, 9.17) is 32.9 Å². The van der Waals surface area contributed by atoms with Crippen molar-refractivity contribution in [1.29, 1.82) is 0 Å². The first-order valence-corrected chi connectivity index (χ1v) is 14.1. The van der Waals surface area contributed by atoms with Gasteiger partial charge in [-0.25, -0.2) is 4.98 Å². The Morgan fingerprint density at radius 2 is 1.91 bits per heavy atom. The van der Waals surface area contributed by atoms with Gasteiger partial charge in [-0.15, -0.1) is 11.8 Å². The van der Waals surface area contributed by atoms with Gasteiger partial charge in [-0.1, -0.05) is 34.5 Å². The summed E-state index contributed by atoms with van der Waals surface area (Å²) in [6, 6.07) is 11.7. The number of hydrogen-bond acceptors (Lipinski definition) is 6. The van der Waals surface area contributed by atoms with Crippen LogP contribution in [0.1, 0.15) is 24.8 Å². The molecule has 34 heavy (non-hydrogen) atoms. The van der Waals surface area contributed by atoms with Crippen LogP contribution in [-0.4, -0.2) is 60.9 Å². The van der Waals surface area contributed by atoms with Crippen molar-refractivity contribution in [3.8, 4) is 0 Å². The Balaban J connectivity index is 1.40. The molecule has 2 aromatic carbocycles. The summed E-state index contributed by atoms with van der Waals surface area (Å²) in [5.74, 6) is 1.00. The van der Waals surface area contributed by atoms with Gasteiger partial charge in [0.2, 0.25) is 5.91 Å². The Morgan fingerprint density at radius 1 is 1.15 bits per heavy atom. The second-order valence-electron chi connectivity index (χ2n) is 8.27. The largest absolute Gasteiger partial charge is 0.379 e. The predicted molar refractivity (Wildman–Crippen MR) is 145 cm³/mol. The molecule has 5 nitrogen and oxygen atoms in total. The number of carbonyl (C=O) groups excluding carboxylic acids is 1. The number of anilines is 1. The zero-order chi connectivity index (χ0) is 23.9. The van der Waals surface area contributed by atoms with Crippen LogP contribution < -0.4 is 4.90 Å². The zero-order valence-electron chi connectivity index (χ0n) is 19.3. The van der Waals surface area contributed by atoms with E-state index < -0.39 is 0 Å². The molecular formula is C25H29Cl2N3O2S2. The molecule has 1 saturated heterocycles. The monoisotopic (exact) mass is 537 g/mol. The maximum atomic E-state index is 13.3. The fourth-order valence-corrected chi connectivity index (χ4v) is 6.09. The summed E-state index contributed by atoms with van der Waals surface area (Å²) in [4.78, 5) is 23.6. The van der Waals surface area contributed by atoms with E-state index in [9.17, 15) is 4.79 Å². The van der Waals surface area contributed by atoms with Gasteiger partial charge in [0.1, 0.15) is 0 Å². The Morgan fingerprint density at radius 3 is 2.68 bits per heavy atom. The molecule has 3 aromatic rings. The number of carbonyl (C=O) groups is 1. The summed E-state index contributed by atoms with van der Waals surface area (Å²) in [6.07, 6.45) is 2.20. The molecule has 1 aliphatic rings. The van der Waals surface area contributed by atoms with Gasteiger partial charge in [0, 0.05) is 47.5 Å². The third-order valence-corrected chi connectivity index (χ3v) is 8.65. The molecule has 0 saturated carbocycles. The van der Waals surface area contributed by atoms with Crippen LogP contribution in [0.25, 0.3) is 10.2 Å². The second-order valence-corrected chi connectivity index (χ2v) is 11.3.